The molecule has 194 valence electrons. The number of benzene rings is 3. The maximum Gasteiger partial charge on any atom is 0.249 e. The molecule has 11 heteroatoms. The highest BCUT2D eigenvalue weighted by Gasteiger charge is 2.14. The van der Waals surface area contributed by atoms with E-state index in [4.69, 9.17) is 37.4 Å². The fraction of sp³-hybridized carbons (Fsp3) is 0.192. The Morgan fingerprint density at radius 3 is 2.59 bits per heavy atom. The third-order valence-corrected chi connectivity index (χ3v) is 5.97. The van der Waals surface area contributed by atoms with E-state index in [0.717, 1.165) is 5.56 Å². The molecule has 0 aliphatic rings. The predicted octanol–water partition coefficient (Wildman–Crippen LogP) is 6.22. The highest BCUT2D eigenvalue weighted by molar-refractivity contribution is 9.10. The molecule has 2 amide bonds. The van der Waals surface area contributed by atoms with Crippen molar-refractivity contribution < 1.29 is 23.8 Å². The van der Waals surface area contributed by atoms with Crippen LogP contribution in [0.1, 0.15) is 24.5 Å². The van der Waals surface area contributed by atoms with Crippen molar-refractivity contribution in [2.45, 2.75) is 20.0 Å². The van der Waals surface area contributed by atoms with E-state index in [9.17, 15) is 9.59 Å². The predicted molar refractivity (Wildman–Crippen MR) is 148 cm³/mol. The molecule has 3 rings (SSSR count). The van der Waals surface area contributed by atoms with Crippen molar-refractivity contribution in [3.63, 3.8) is 0 Å². The second-order valence-electron chi connectivity index (χ2n) is 7.54. The molecule has 0 unspecified atom stereocenters. The number of rotatable bonds is 11. The largest absolute Gasteiger partial charge is 0.497 e. The molecular formula is C26H24BrCl2N3O5. The molecule has 3 aromatic rings. The molecule has 0 radical (unpaired) electrons. The first-order chi connectivity index (χ1) is 17.8. The number of halogens is 3. The molecule has 0 aromatic heterocycles. The molecule has 8 nitrogen and oxygen atoms in total. The minimum absolute atomic E-state index is 0.204. The van der Waals surface area contributed by atoms with Gasteiger partial charge in [-0.15, -0.1) is 0 Å². The lowest BCUT2D eigenvalue weighted by Crippen LogP contribution is -2.24. The number of carbonyl (C=O) groups excluding carboxylic acids is 2. The molecule has 0 aliphatic carbocycles. The topological polar surface area (TPSA) is 98.2 Å². The Morgan fingerprint density at radius 1 is 1.05 bits per heavy atom. The van der Waals surface area contributed by atoms with E-state index in [2.05, 4.69) is 31.8 Å². The van der Waals surface area contributed by atoms with Crippen molar-refractivity contribution in [2.75, 3.05) is 19.0 Å². The van der Waals surface area contributed by atoms with E-state index in [1.165, 1.54) is 13.3 Å². The van der Waals surface area contributed by atoms with Crippen molar-refractivity contribution in [1.82, 2.24) is 5.43 Å². The van der Waals surface area contributed by atoms with Gasteiger partial charge in [-0.3, -0.25) is 9.59 Å². The number of carbonyl (C=O) groups is 2. The van der Waals surface area contributed by atoms with E-state index >= 15 is 0 Å². The molecule has 0 atom stereocenters. The van der Waals surface area contributed by atoms with Gasteiger partial charge in [0.15, 0.2) is 11.5 Å². The number of nitrogens with one attached hydrogen (secondary N) is 2. The normalized spacial score (nSPS) is 10.7. The molecule has 2 N–H and O–H groups in total. The summed E-state index contributed by atoms with van der Waals surface area (Å²) in [6.45, 7) is 2.46. The zero-order chi connectivity index (χ0) is 26.8. The molecular weight excluding hydrogens is 585 g/mol. The van der Waals surface area contributed by atoms with Gasteiger partial charge >= 0.3 is 0 Å². The van der Waals surface area contributed by atoms with Crippen molar-refractivity contribution >= 4 is 62.8 Å². The van der Waals surface area contributed by atoms with Crippen LogP contribution in [-0.4, -0.2) is 31.7 Å². The van der Waals surface area contributed by atoms with Gasteiger partial charge in [-0.25, -0.2) is 5.43 Å². The van der Waals surface area contributed by atoms with Crippen molar-refractivity contribution in [2.24, 2.45) is 5.10 Å². The van der Waals surface area contributed by atoms with E-state index in [-0.39, 0.29) is 6.61 Å². The van der Waals surface area contributed by atoms with Crippen LogP contribution in [0.2, 0.25) is 10.0 Å². The number of methoxy groups -OCH3 is 1. The molecule has 37 heavy (non-hydrogen) atoms. The number of ether oxygens (including phenoxy) is 3. The van der Waals surface area contributed by atoms with Gasteiger partial charge in [-0.2, -0.15) is 5.10 Å². The second-order valence-corrected chi connectivity index (χ2v) is 9.24. The Balaban J connectivity index is 1.60. The van der Waals surface area contributed by atoms with Crippen LogP contribution in [0.3, 0.4) is 0 Å². The second kappa shape index (κ2) is 13.9. The van der Waals surface area contributed by atoms with Crippen LogP contribution in [0.15, 0.2) is 64.2 Å². The maximum absolute atomic E-state index is 12.1. The minimum Gasteiger partial charge on any atom is -0.497 e. The summed E-state index contributed by atoms with van der Waals surface area (Å²) in [6.07, 6.45) is 1.04. The molecule has 0 fully saturated rings. The third kappa shape index (κ3) is 8.66. The molecule has 3 aromatic carbocycles. The summed E-state index contributed by atoms with van der Waals surface area (Å²) in [6, 6.07) is 15.5. The van der Waals surface area contributed by atoms with Crippen molar-refractivity contribution in [3.8, 4) is 17.2 Å². The summed E-state index contributed by atoms with van der Waals surface area (Å²) >= 11 is 15.7. The minimum atomic E-state index is -0.569. The standard InChI is InChI=1S/C26H24BrCl2N3O5/c1-3-36-23-10-16(9-21(27)26(23)37-15-17-7-8-18(28)11-22(17)29)14-30-32-25(34)13-24(33)31-19-5-4-6-20(12-19)35-2/h4-12,14H,3,13,15H2,1-2H3,(H,31,33)(H,32,34). The molecule has 0 spiro atoms. The van der Waals surface area contributed by atoms with Gasteiger partial charge in [0.05, 0.1) is 24.4 Å². The Bertz CT molecular complexity index is 1300. The average molecular weight is 609 g/mol. The van der Waals surface area contributed by atoms with Crippen LogP contribution in [0.4, 0.5) is 5.69 Å². The number of amides is 2. The van der Waals surface area contributed by atoms with Crippen LogP contribution in [-0.2, 0) is 16.2 Å². The van der Waals surface area contributed by atoms with Gasteiger partial charge in [0.25, 0.3) is 0 Å². The summed E-state index contributed by atoms with van der Waals surface area (Å²) in [5.74, 6) is 0.510. The van der Waals surface area contributed by atoms with E-state index < -0.39 is 18.2 Å². The SMILES string of the molecule is CCOc1cc(C=NNC(=O)CC(=O)Nc2cccc(OC)c2)cc(Br)c1OCc1ccc(Cl)cc1Cl. The third-order valence-electron chi connectivity index (χ3n) is 4.80. The van der Waals surface area contributed by atoms with Crippen LogP contribution in [0.25, 0.3) is 0 Å². The van der Waals surface area contributed by atoms with Gasteiger partial charge in [0.1, 0.15) is 18.8 Å². The summed E-state index contributed by atoms with van der Waals surface area (Å²) in [7, 11) is 1.53. The summed E-state index contributed by atoms with van der Waals surface area (Å²) in [5.41, 5.74) is 4.27. The van der Waals surface area contributed by atoms with Crippen LogP contribution < -0.4 is 25.0 Å². The highest BCUT2D eigenvalue weighted by Crippen LogP contribution is 2.37. The van der Waals surface area contributed by atoms with Gasteiger partial charge in [0.2, 0.25) is 11.8 Å². The molecule has 0 bridgehead atoms. The fourth-order valence-electron chi connectivity index (χ4n) is 3.12. The molecule has 0 saturated carbocycles. The Morgan fingerprint density at radius 2 is 1.86 bits per heavy atom. The molecule has 0 aliphatic heterocycles. The number of hydrogen-bond donors (Lipinski definition) is 2. The summed E-state index contributed by atoms with van der Waals surface area (Å²) in [4.78, 5) is 24.3. The number of nitrogens with zero attached hydrogens (tertiary/aromatic N) is 1. The average Bonchev–Trinajstić information content (AvgIpc) is 2.84. The Kier molecular flexibility index (Phi) is 10.6. The molecule has 0 heterocycles. The first-order valence-corrected chi connectivity index (χ1v) is 12.6. The maximum atomic E-state index is 12.1. The van der Waals surface area contributed by atoms with Crippen molar-refractivity contribution in [3.05, 3.63) is 80.2 Å². The lowest BCUT2D eigenvalue weighted by molar-refractivity contribution is -0.126. The zero-order valence-electron chi connectivity index (χ0n) is 20.0. The lowest BCUT2D eigenvalue weighted by Gasteiger charge is -2.15. The smallest absolute Gasteiger partial charge is 0.249 e. The van der Waals surface area contributed by atoms with Crippen LogP contribution in [0, 0.1) is 0 Å². The number of anilines is 1. The van der Waals surface area contributed by atoms with Crippen molar-refractivity contribution in [1.29, 1.82) is 0 Å². The number of hydrazone groups is 1. The lowest BCUT2D eigenvalue weighted by atomic mass is 10.2. The molecule has 0 saturated heterocycles. The van der Waals surface area contributed by atoms with E-state index in [1.807, 2.05) is 6.92 Å². The van der Waals surface area contributed by atoms with Gasteiger partial charge in [-0.1, -0.05) is 35.3 Å². The first-order valence-electron chi connectivity index (χ1n) is 11.1. The first kappa shape index (κ1) is 28.3. The van der Waals surface area contributed by atoms with Gasteiger partial charge < -0.3 is 19.5 Å². The summed E-state index contributed by atoms with van der Waals surface area (Å²) in [5, 5.41) is 7.62. The Labute approximate surface area is 233 Å². The van der Waals surface area contributed by atoms with Gasteiger partial charge in [0, 0.05) is 27.4 Å². The summed E-state index contributed by atoms with van der Waals surface area (Å²) < 4.78 is 17.4. The quantitative estimate of drug-likeness (QED) is 0.153. The zero-order valence-corrected chi connectivity index (χ0v) is 23.1. The van der Waals surface area contributed by atoms with Crippen LogP contribution >= 0.6 is 39.1 Å². The number of hydrogen-bond acceptors (Lipinski definition) is 6. The van der Waals surface area contributed by atoms with E-state index in [1.54, 1.807) is 54.6 Å². The highest BCUT2D eigenvalue weighted by atomic mass is 79.9. The Hall–Kier alpha value is -3.27. The fourth-order valence-corrected chi connectivity index (χ4v) is 4.16. The monoisotopic (exact) mass is 607 g/mol. The van der Waals surface area contributed by atoms with E-state index in [0.29, 0.717) is 49.6 Å². The van der Waals surface area contributed by atoms with Gasteiger partial charge in [-0.05, 0) is 64.8 Å². The van der Waals surface area contributed by atoms with Crippen LogP contribution in [0.5, 0.6) is 17.2 Å².